The van der Waals surface area contributed by atoms with Crippen molar-refractivity contribution < 1.29 is 9.18 Å². The van der Waals surface area contributed by atoms with Crippen LogP contribution in [0.2, 0.25) is 0 Å². The molecule has 2 N–H and O–H groups in total. The number of benzene rings is 2. The summed E-state index contributed by atoms with van der Waals surface area (Å²) in [5.41, 5.74) is 7.25. The van der Waals surface area contributed by atoms with Crippen LogP contribution in [0.4, 0.5) is 4.39 Å². The number of nitrogens with zero attached hydrogens (tertiary/aromatic N) is 2. The lowest BCUT2D eigenvalue weighted by Crippen LogP contribution is -2.24. The summed E-state index contributed by atoms with van der Waals surface area (Å²) in [5, 5.41) is 0.428. The summed E-state index contributed by atoms with van der Waals surface area (Å²) in [4.78, 5) is 26.9. The maximum atomic E-state index is 13.3. The number of fused-ring (bicyclic) bond motifs is 1. The van der Waals surface area contributed by atoms with Crippen LogP contribution < -0.4 is 11.2 Å². The number of carbonyl (C=O) groups is 1. The minimum atomic E-state index is -0.779. The first-order valence-corrected chi connectivity index (χ1v) is 8.88. The summed E-state index contributed by atoms with van der Waals surface area (Å²) in [7, 11) is 2.07. The van der Waals surface area contributed by atoms with Crippen LogP contribution in [0.1, 0.15) is 28.8 Å². The molecule has 1 fully saturated rings. The van der Waals surface area contributed by atoms with E-state index in [1.807, 2.05) is 18.2 Å². The second kappa shape index (κ2) is 6.63. The highest BCUT2D eigenvalue weighted by Gasteiger charge is 2.26. The zero-order valence-corrected chi connectivity index (χ0v) is 15.0. The molecule has 4 rings (SSSR count). The second-order valence-electron chi connectivity index (χ2n) is 7.08. The van der Waals surface area contributed by atoms with Crippen molar-refractivity contribution in [1.82, 2.24) is 9.47 Å². The Labute approximate surface area is 155 Å². The van der Waals surface area contributed by atoms with E-state index in [0.717, 1.165) is 12.1 Å². The number of nitrogens with two attached hydrogens (primary N) is 1. The molecule has 1 aliphatic rings. The molecule has 3 aromatic rings. The van der Waals surface area contributed by atoms with Crippen LogP contribution >= 0.6 is 0 Å². The number of primary amides is 1. The van der Waals surface area contributed by atoms with Gasteiger partial charge >= 0.3 is 0 Å². The van der Waals surface area contributed by atoms with Crippen LogP contribution in [0.25, 0.3) is 16.6 Å². The number of halogens is 1. The summed E-state index contributed by atoms with van der Waals surface area (Å²) in [5.74, 6) is -1.14. The molecule has 0 atom stereocenters. The van der Waals surface area contributed by atoms with Crippen LogP contribution in [0.3, 0.4) is 0 Å². The molecule has 27 heavy (non-hydrogen) atoms. The summed E-state index contributed by atoms with van der Waals surface area (Å²) in [6.07, 6.45) is 3.83. The fourth-order valence-corrected chi connectivity index (χ4v) is 3.40. The molecule has 1 saturated carbocycles. The maximum absolute atomic E-state index is 13.3. The van der Waals surface area contributed by atoms with Crippen molar-refractivity contribution in [2.45, 2.75) is 25.4 Å². The van der Waals surface area contributed by atoms with Gasteiger partial charge in [0.15, 0.2) is 0 Å². The molecule has 1 heterocycles. The van der Waals surface area contributed by atoms with Crippen molar-refractivity contribution in [3.63, 3.8) is 0 Å². The number of rotatable bonds is 5. The lowest BCUT2D eigenvalue weighted by Gasteiger charge is -2.17. The zero-order valence-electron chi connectivity index (χ0n) is 15.0. The topological polar surface area (TPSA) is 68.3 Å². The van der Waals surface area contributed by atoms with Gasteiger partial charge in [-0.2, -0.15) is 0 Å². The van der Waals surface area contributed by atoms with Crippen molar-refractivity contribution in [3.8, 4) is 5.69 Å². The van der Waals surface area contributed by atoms with Gasteiger partial charge in [0.1, 0.15) is 11.4 Å². The molecular weight excluding hydrogens is 345 g/mol. The first-order chi connectivity index (χ1) is 12.9. The quantitative estimate of drug-likeness (QED) is 0.756. The molecule has 6 heteroatoms. The molecule has 0 radical (unpaired) electrons. The Morgan fingerprint density at radius 3 is 2.56 bits per heavy atom. The predicted octanol–water partition coefficient (Wildman–Crippen LogP) is 2.82. The normalized spacial score (nSPS) is 14.0. The van der Waals surface area contributed by atoms with E-state index in [0.29, 0.717) is 22.6 Å². The van der Waals surface area contributed by atoms with Crippen molar-refractivity contribution in [2.75, 3.05) is 7.05 Å². The van der Waals surface area contributed by atoms with E-state index in [4.69, 9.17) is 5.73 Å². The summed E-state index contributed by atoms with van der Waals surface area (Å²) >= 11 is 0. The summed E-state index contributed by atoms with van der Waals surface area (Å²) in [6.45, 7) is 0.734. The first-order valence-electron chi connectivity index (χ1n) is 8.88. The highest BCUT2D eigenvalue weighted by Crippen LogP contribution is 2.27. The molecule has 1 amide bonds. The Hall–Kier alpha value is -2.99. The van der Waals surface area contributed by atoms with E-state index in [9.17, 15) is 14.0 Å². The Bertz CT molecular complexity index is 1090. The van der Waals surface area contributed by atoms with Gasteiger partial charge in [0.05, 0.1) is 5.52 Å². The van der Waals surface area contributed by atoms with Gasteiger partial charge in [-0.25, -0.2) is 4.39 Å². The molecule has 0 saturated heterocycles. The molecule has 138 valence electrons. The minimum Gasteiger partial charge on any atom is -0.365 e. The SMILES string of the molecule is CN(Cc1ccc2c(c1)c(=O)c(C(N)=O)cn2-c1ccc(F)cc1)C1CC1. The highest BCUT2D eigenvalue weighted by molar-refractivity contribution is 5.96. The van der Waals surface area contributed by atoms with Gasteiger partial charge in [-0.3, -0.25) is 14.5 Å². The van der Waals surface area contributed by atoms with E-state index in [1.54, 1.807) is 16.7 Å². The van der Waals surface area contributed by atoms with Crippen molar-refractivity contribution in [3.05, 3.63) is 75.8 Å². The zero-order chi connectivity index (χ0) is 19.1. The van der Waals surface area contributed by atoms with Gasteiger partial charge in [-0.1, -0.05) is 6.07 Å². The Kier molecular flexibility index (Phi) is 4.28. The number of hydrogen-bond acceptors (Lipinski definition) is 3. The lowest BCUT2D eigenvalue weighted by atomic mass is 10.1. The van der Waals surface area contributed by atoms with Crippen LogP contribution in [0.5, 0.6) is 0 Å². The largest absolute Gasteiger partial charge is 0.365 e. The van der Waals surface area contributed by atoms with Crippen LogP contribution in [0.15, 0.2) is 53.5 Å². The van der Waals surface area contributed by atoms with Crippen molar-refractivity contribution >= 4 is 16.8 Å². The number of amides is 1. The van der Waals surface area contributed by atoms with Gasteiger partial charge in [0, 0.05) is 29.9 Å². The number of hydrogen-bond donors (Lipinski definition) is 1. The molecule has 0 bridgehead atoms. The molecule has 0 spiro atoms. The standard InChI is InChI=1S/C21H20FN3O2/c1-24(15-7-8-15)11-13-2-9-19-17(10-13)20(26)18(21(23)27)12-25(19)16-5-3-14(22)4-6-16/h2-6,9-10,12,15H,7-8,11H2,1H3,(H2,23,27). The molecular formula is C21H20FN3O2. The molecule has 1 aromatic heterocycles. The third-order valence-corrected chi connectivity index (χ3v) is 5.04. The summed E-state index contributed by atoms with van der Waals surface area (Å²) < 4.78 is 15.0. The third-order valence-electron chi connectivity index (χ3n) is 5.04. The average Bonchev–Trinajstić information content (AvgIpc) is 3.48. The van der Waals surface area contributed by atoms with E-state index in [1.165, 1.54) is 31.2 Å². The highest BCUT2D eigenvalue weighted by atomic mass is 19.1. The fraction of sp³-hybridized carbons (Fsp3) is 0.238. The van der Waals surface area contributed by atoms with E-state index in [2.05, 4.69) is 11.9 Å². The second-order valence-corrected chi connectivity index (χ2v) is 7.08. The molecule has 0 aliphatic heterocycles. The Morgan fingerprint density at radius 2 is 1.93 bits per heavy atom. The van der Waals surface area contributed by atoms with Gasteiger partial charge in [0.2, 0.25) is 5.43 Å². The van der Waals surface area contributed by atoms with E-state index >= 15 is 0 Å². The predicted molar refractivity (Wildman–Crippen MR) is 103 cm³/mol. The fourth-order valence-electron chi connectivity index (χ4n) is 3.40. The van der Waals surface area contributed by atoms with E-state index < -0.39 is 5.91 Å². The van der Waals surface area contributed by atoms with Gasteiger partial charge in [0.25, 0.3) is 5.91 Å². The minimum absolute atomic E-state index is 0.0838. The number of pyridine rings is 1. The average molecular weight is 365 g/mol. The van der Waals surface area contributed by atoms with Gasteiger partial charge in [-0.15, -0.1) is 0 Å². The summed E-state index contributed by atoms with van der Waals surface area (Å²) in [6, 6.07) is 12.1. The molecule has 5 nitrogen and oxygen atoms in total. The lowest BCUT2D eigenvalue weighted by molar-refractivity contribution is 0.0999. The Balaban J connectivity index is 1.89. The monoisotopic (exact) mass is 365 g/mol. The van der Waals surface area contributed by atoms with Crippen LogP contribution in [0, 0.1) is 5.82 Å². The first kappa shape index (κ1) is 17.4. The van der Waals surface area contributed by atoms with Crippen LogP contribution in [-0.4, -0.2) is 28.5 Å². The molecule has 0 unspecified atom stereocenters. The third kappa shape index (κ3) is 3.36. The molecule has 2 aromatic carbocycles. The van der Waals surface area contributed by atoms with Gasteiger partial charge in [-0.05, 0) is 61.9 Å². The van der Waals surface area contributed by atoms with Gasteiger partial charge < -0.3 is 10.3 Å². The maximum Gasteiger partial charge on any atom is 0.254 e. The van der Waals surface area contributed by atoms with E-state index in [-0.39, 0.29) is 16.8 Å². The van der Waals surface area contributed by atoms with Crippen LogP contribution in [-0.2, 0) is 6.54 Å². The van der Waals surface area contributed by atoms with Crippen molar-refractivity contribution in [2.24, 2.45) is 5.73 Å². The molecule has 1 aliphatic carbocycles. The number of aromatic nitrogens is 1. The van der Waals surface area contributed by atoms with Crippen molar-refractivity contribution in [1.29, 1.82) is 0 Å². The number of carbonyl (C=O) groups excluding carboxylic acids is 1. The Morgan fingerprint density at radius 1 is 1.22 bits per heavy atom. The smallest absolute Gasteiger partial charge is 0.254 e.